The highest BCUT2D eigenvalue weighted by atomic mass is 16.5. The molecule has 0 atom stereocenters. The number of methoxy groups -OCH3 is 1. The van der Waals surface area contributed by atoms with Crippen molar-refractivity contribution in [1.82, 2.24) is 14.8 Å². The van der Waals surface area contributed by atoms with Gasteiger partial charge in [0.05, 0.1) is 25.8 Å². The molecule has 7 heteroatoms. The smallest absolute Gasteiger partial charge is 0.336 e. The molecule has 1 amide bonds. The van der Waals surface area contributed by atoms with Crippen molar-refractivity contribution in [3.05, 3.63) is 83.9 Å². The van der Waals surface area contributed by atoms with Crippen molar-refractivity contribution in [2.75, 3.05) is 19.0 Å². The van der Waals surface area contributed by atoms with Gasteiger partial charge in [0.15, 0.2) is 5.82 Å². The minimum atomic E-state index is -0.0892. The molecule has 0 radical (unpaired) electrons. The number of amides is 1. The van der Waals surface area contributed by atoms with Gasteiger partial charge in [-0.2, -0.15) is 4.98 Å². The SMILES string of the molecule is COc1ccc(CC(=O)Nc2ccc(-n3nc(OCC(C)C)nc3-c3ccccc3C)cc2)cc1. The van der Waals surface area contributed by atoms with E-state index in [-0.39, 0.29) is 12.3 Å². The number of aromatic nitrogens is 3. The molecular formula is C28H30N4O3. The Kier molecular flexibility index (Phi) is 7.45. The number of anilines is 1. The van der Waals surface area contributed by atoms with Gasteiger partial charge in [0.1, 0.15) is 5.75 Å². The lowest BCUT2D eigenvalue weighted by Gasteiger charge is -2.10. The quantitative estimate of drug-likeness (QED) is 0.351. The Morgan fingerprint density at radius 1 is 1.00 bits per heavy atom. The number of ether oxygens (including phenoxy) is 2. The van der Waals surface area contributed by atoms with Gasteiger partial charge in [-0.1, -0.05) is 50.2 Å². The maximum Gasteiger partial charge on any atom is 0.336 e. The highest BCUT2D eigenvalue weighted by molar-refractivity contribution is 5.92. The third-order valence-electron chi connectivity index (χ3n) is 5.44. The second kappa shape index (κ2) is 10.9. The molecule has 0 aliphatic carbocycles. The van der Waals surface area contributed by atoms with Crippen LogP contribution < -0.4 is 14.8 Å². The van der Waals surface area contributed by atoms with E-state index in [9.17, 15) is 4.79 Å². The number of carbonyl (C=O) groups excluding carboxylic acids is 1. The second-order valence-corrected chi connectivity index (χ2v) is 8.77. The monoisotopic (exact) mass is 470 g/mol. The van der Waals surface area contributed by atoms with Gasteiger partial charge in [0.2, 0.25) is 5.91 Å². The highest BCUT2D eigenvalue weighted by Gasteiger charge is 2.17. The van der Waals surface area contributed by atoms with Crippen molar-refractivity contribution < 1.29 is 14.3 Å². The number of aryl methyl sites for hydroxylation is 1. The topological polar surface area (TPSA) is 78.3 Å². The van der Waals surface area contributed by atoms with Crippen LogP contribution in [0.15, 0.2) is 72.8 Å². The lowest BCUT2D eigenvalue weighted by atomic mass is 10.1. The molecule has 0 aliphatic heterocycles. The van der Waals surface area contributed by atoms with Crippen molar-refractivity contribution in [3.63, 3.8) is 0 Å². The summed E-state index contributed by atoms with van der Waals surface area (Å²) < 4.78 is 12.8. The third kappa shape index (κ3) is 6.06. The summed E-state index contributed by atoms with van der Waals surface area (Å²) in [6.45, 7) is 6.75. The largest absolute Gasteiger partial charge is 0.497 e. The molecular weight excluding hydrogens is 440 g/mol. The van der Waals surface area contributed by atoms with E-state index in [1.54, 1.807) is 11.8 Å². The zero-order chi connectivity index (χ0) is 24.8. The minimum absolute atomic E-state index is 0.0892. The molecule has 0 unspecified atom stereocenters. The zero-order valence-corrected chi connectivity index (χ0v) is 20.5. The fourth-order valence-corrected chi connectivity index (χ4v) is 3.59. The van der Waals surface area contributed by atoms with Crippen LogP contribution in [-0.2, 0) is 11.2 Å². The van der Waals surface area contributed by atoms with Crippen molar-refractivity contribution in [3.8, 4) is 28.8 Å². The summed E-state index contributed by atoms with van der Waals surface area (Å²) in [6.07, 6.45) is 0.281. The van der Waals surface area contributed by atoms with Crippen LogP contribution in [0.25, 0.3) is 17.1 Å². The van der Waals surface area contributed by atoms with E-state index in [2.05, 4.69) is 29.2 Å². The summed E-state index contributed by atoms with van der Waals surface area (Å²) in [5.41, 5.74) is 4.53. The van der Waals surface area contributed by atoms with E-state index in [0.29, 0.717) is 30.0 Å². The van der Waals surface area contributed by atoms with Gasteiger partial charge >= 0.3 is 6.01 Å². The van der Waals surface area contributed by atoms with Gasteiger partial charge in [-0.05, 0) is 60.4 Å². The fraction of sp³-hybridized carbons (Fsp3) is 0.250. The van der Waals surface area contributed by atoms with Crippen LogP contribution in [0.3, 0.4) is 0 Å². The second-order valence-electron chi connectivity index (χ2n) is 8.77. The normalized spacial score (nSPS) is 10.9. The first kappa shape index (κ1) is 24.0. The summed E-state index contributed by atoms with van der Waals surface area (Å²) in [4.78, 5) is 17.2. The first-order valence-electron chi connectivity index (χ1n) is 11.6. The van der Waals surface area contributed by atoms with Crippen LogP contribution in [0.1, 0.15) is 25.0 Å². The Hall–Kier alpha value is -4.13. The first-order valence-corrected chi connectivity index (χ1v) is 11.6. The summed E-state index contributed by atoms with van der Waals surface area (Å²) in [7, 11) is 1.62. The van der Waals surface area contributed by atoms with Crippen LogP contribution >= 0.6 is 0 Å². The first-order chi connectivity index (χ1) is 16.9. The highest BCUT2D eigenvalue weighted by Crippen LogP contribution is 2.27. The number of rotatable bonds is 9. The third-order valence-corrected chi connectivity index (χ3v) is 5.44. The van der Waals surface area contributed by atoms with Gasteiger partial charge in [0, 0.05) is 11.3 Å². The molecule has 0 aliphatic rings. The Balaban J connectivity index is 1.53. The zero-order valence-electron chi connectivity index (χ0n) is 20.5. The molecule has 1 aromatic heterocycles. The molecule has 35 heavy (non-hydrogen) atoms. The van der Waals surface area contributed by atoms with Crippen molar-refractivity contribution in [2.24, 2.45) is 5.92 Å². The number of hydrogen-bond acceptors (Lipinski definition) is 5. The molecule has 1 heterocycles. The molecule has 4 rings (SSSR count). The average Bonchev–Trinajstić information content (AvgIpc) is 3.28. The van der Waals surface area contributed by atoms with E-state index < -0.39 is 0 Å². The summed E-state index contributed by atoms with van der Waals surface area (Å²) >= 11 is 0. The number of carbonyl (C=O) groups is 1. The molecule has 4 aromatic rings. The van der Waals surface area contributed by atoms with E-state index in [1.807, 2.05) is 79.7 Å². The number of hydrogen-bond donors (Lipinski definition) is 1. The molecule has 180 valence electrons. The van der Waals surface area contributed by atoms with Crippen LogP contribution in [0.5, 0.6) is 11.8 Å². The Morgan fingerprint density at radius 3 is 2.37 bits per heavy atom. The molecule has 3 aromatic carbocycles. The maximum absolute atomic E-state index is 12.5. The lowest BCUT2D eigenvalue weighted by Crippen LogP contribution is -2.14. The van der Waals surface area contributed by atoms with Crippen LogP contribution in [-0.4, -0.2) is 34.4 Å². The molecule has 0 bridgehead atoms. The Morgan fingerprint density at radius 2 is 1.71 bits per heavy atom. The van der Waals surface area contributed by atoms with Gasteiger partial charge in [-0.25, -0.2) is 4.68 Å². The molecule has 0 saturated heterocycles. The van der Waals surface area contributed by atoms with Gasteiger partial charge in [-0.3, -0.25) is 4.79 Å². The Bertz CT molecular complexity index is 1280. The predicted octanol–water partition coefficient (Wildman–Crippen LogP) is 5.47. The van der Waals surface area contributed by atoms with Gasteiger partial charge in [-0.15, -0.1) is 5.10 Å². The average molecular weight is 471 g/mol. The number of benzene rings is 3. The van der Waals surface area contributed by atoms with Crippen LogP contribution in [0, 0.1) is 12.8 Å². The lowest BCUT2D eigenvalue weighted by molar-refractivity contribution is -0.115. The van der Waals surface area contributed by atoms with Gasteiger partial charge in [0.25, 0.3) is 0 Å². The van der Waals surface area contributed by atoms with Crippen molar-refractivity contribution in [2.45, 2.75) is 27.2 Å². The molecule has 0 spiro atoms. The van der Waals surface area contributed by atoms with E-state index >= 15 is 0 Å². The molecule has 7 nitrogen and oxygen atoms in total. The minimum Gasteiger partial charge on any atom is -0.497 e. The molecule has 0 saturated carbocycles. The maximum atomic E-state index is 12.5. The van der Waals surface area contributed by atoms with Crippen molar-refractivity contribution in [1.29, 1.82) is 0 Å². The standard InChI is InChI=1S/C28H30N4O3/c1-19(2)18-35-28-30-27(25-8-6-5-7-20(25)3)32(31-28)23-13-11-22(12-14-23)29-26(33)17-21-9-15-24(34-4)16-10-21/h5-16,19H,17-18H2,1-4H3,(H,29,33). The number of nitrogens with one attached hydrogen (secondary N) is 1. The number of nitrogens with zero attached hydrogens (tertiary/aromatic N) is 3. The predicted molar refractivity (Wildman–Crippen MR) is 137 cm³/mol. The Labute approximate surface area is 205 Å². The summed E-state index contributed by atoms with van der Waals surface area (Å²) in [5, 5.41) is 7.57. The van der Waals surface area contributed by atoms with E-state index in [0.717, 1.165) is 28.1 Å². The summed E-state index contributed by atoms with van der Waals surface area (Å²) in [6, 6.07) is 23.4. The van der Waals surface area contributed by atoms with Crippen molar-refractivity contribution >= 4 is 11.6 Å². The molecule has 0 fully saturated rings. The van der Waals surface area contributed by atoms with Crippen LogP contribution in [0.2, 0.25) is 0 Å². The summed E-state index contributed by atoms with van der Waals surface area (Å²) in [5.74, 6) is 1.75. The van der Waals surface area contributed by atoms with E-state index in [4.69, 9.17) is 9.47 Å². The molecule has 1 N–H and O–H groups in total. The fourth-order valence-electron chi connectivity index (χ4n) is 3.59. The van der Waals surface area contributed by atoms with Crippen LogP contribution in [0.4, 0.5) is 5.69 Å². The van der Waals surface area contributed by atoms with Gasteiger partial charge < -0.3 is 14.8 Å². The van der Waals surface area contributed by atoms with E-state index in [1.165, 1.54) is 0 Å².